The van der Waals surface area contributed by atoms with Crippen molar-refractivity contribution in [2.24, 2.45) is 0 Å². The number of hydrogen-bond acceptors (Lipinski definition) is 4. The Morgan fingerprint density at radius 1 is 1.03 bits per heavy atom. The van der Waals surface area contributed by atoms with E-state index in [2.05, 4.69) is 12.2 Å². The van der Waals surface area contributed by atoms with Crippen molar-refractivity contribution in [3.05, 3.63) is 118 Å². The molecule has 2 aromatic heterocycles. The summed E-state index contributed by atoms with van der Waals surface area (Å²) in [6, 6.07) is 24.1. The Kier molecular flexibility index (Phi) is 6.69. The predicted octanol–water partition coefficient (Wildman–Crippen LogP) is 6.56. The average Bonchev–Trinajstić information content (AvgIpc) is 3.43. The van der Waals surface area contributed by atoms with E-state index in [4.69, 9.17) is 21.0 Å². The molecule has 1 amide bonds. The number of nitrogens with one attached hydrogen (secondary N) is 1. The van der Waals surface area contributed by atoms with E-state index in [1.807, 2.05) is 48.5 Å². The van der Waals surface area contributed by atoms with Crippen LogP contribution in [0.25, 0.3) is 22.0 Å². The molecule has 0 aliphatic heterocycles. The van der Waals surface area contributed by atoms with E-state index in [9.17, 15) is 9.59 Å². The molecule has 0 bridgehead atoms. The second kappa shape index (κ2) is 10.2. The number of rotatable bonds is 7. The summed E-state index contributed by atoms with van der Waals surface area (Å²) in [6.07, 6.45) is 2.98. The molecule has 180 valence electrons. The Morgan fingerprint density at radius 3 is 2.56 bits per heavy atom. The standard InChI is InChI=1S/C29H24ClN3O3/c1-2-6-27-32-25-15-14-21(31-28(34)26-9-5-16-36-26)17-23(25)29(35)33(27)18-19-10-12-20(13-11-19)22-7-3-4-8-24(22)30/h3-5,7-17H,2,6,18H2,1H3,(H,31,34). The van der Waals surface area contributed by atoms with E-state index in [1.165, 1.54) is 6.26 Å². The van der Waals surface area contributed by atoms with Gasteiger partial charge in [0.1, 0.15) is 5.82 Å². The van der Waals surface area contributed by atoms with Crippen LogP contribution in [0.2, 0.25) is 5.02 Å². The topological polar surface area (TPSA) is 77.1 Å². The van der Waals surface area contributed by atoms with Gasteiger partial charge in [-0.25, -0.2) is 4.98 Å². The first-order valence-corrected chi connectivity index (χ1v) is 12.1. The third kappa shape index (κ3) is 4.81. The number of anilines is 1. The lowest BCUT2D eigenvalue weighted by atomic mass is 10.0. The quantitative estimate of drug-likeness (QED) is 0.276. The fourth-order valence-corrected chi connectivity index (χ4v) is 4.44. The third-order valence-corrected chi connectivity index (χ3v) is 6.32. The van der Waals surface area contributed by atoms with Gasteiger partial charge < -0.3 is 9.73 Å². The van der Waals surface area contributed by atoms with Crippen molar-refractivity contribution in [1.82, 2.24) is 9.55 Å². The third-order valence-electron chi connectivity index (χ3n) is 5.99. The van der Waals surface area contributed by atoms with Crippen molar-refractivity contribution in [3.8, 4) is 11.1 Å². The van der Waals surface area contributed by atoms with E-state index in [0.717, 1.165) is 28.9 Å². The molecule has 36 heavy (non-hydrogen) atoms. The van der Waals surface area contributed by atoms with Gasteiger partial charge in [0.05, 0.1) is 23.7 Å². The lowest BCUT2D eigenvalue weighted by Crippen LogP contribution is -2.26. The van der Waals surface area contributed by atoms with Gasteiger partial charge in [0.2, 0.25) is 0 Å². The molecule has 2 heterocycles. The molecule has 0 aliphatic rings. The van der Waals surface area contributed by atoms with E-state index in [-0.39, 0.29) is 17.2 Å². The number of benzene rings is 3. The molecule has 0 fully saturated rings. The molecule has 0 atom stereocenters. The van der Waals surface area contributed by atoms with Gasteiger partial charge in [-0.05, 0) is 53.9 Å². The average molecular weight is 498 g/mol. The molecule has 0 saturated heterocycles. The number of halogens is 1. The molecule has 0 aliphatic carbocycles. The van der Waals surface area contributed by atoms with Crippen LogP contribution in [0, 0.1) is 0 Å². The van der Waals surface area contributed by atoms with Crippen LogP contribution in [0.1, 0.15) is 35.3 Å². The summed E-state index contributed by atoms with van der Waals surface area (Å²) in [7, 11) is 0. The monoisotopic (exact) mass is 497 g/mol. The fraction of sp³-hybridized carbons (Fsp3) is 0.138. The highest BCUT2D eigenvalue weighted by Gasteiger charge is 2.14. The first-order valence-electron chi connectivity index (χ1n) is 11.8. The second-order valence-corrected chi connectivity index (χ2v) is 8.92. The van der Waals surface area contributed by atoms with Gasteiger partial charge in [-0.2, -0.15) is 0 Å². The van der Waals surface area contributed by atoms with E-state index in [0.29, 0.717) is 34.6 Å². The summed E-state index contributed by atoms with van der Waals surface area (Å²) in [5, 5.41) is 3.92. The number of furan rings is 1. The molecule has 0 radical (unpaired) electrons. The van der Waals surface area contributed by atoms with Crippen molar-refractivity contribution in [2.45, 2.75) is 26.3 Å². The lowest BCUT2D eigenvalue weighted by molar-refractivity contribution is 0.0996. The summed E-state index contributed by atoms with van der Waals surface area (Å²) < 4.78 is 6.87. The first kappa shape index (κ1) is 23.6. The highest BCUT2D eigenvalue weighted by molar-refractivity contribution is 6.33. The Labute approximate surface area is 213 Å². The molecule has 3 aromatic carbocycles. The van der Waals surface area contributed by atoms with Crippen molar-refractivity contribution in [3.63, 3.8) is 0 Å². The zero-order chi connectivity index (χ0) is 25.1. The first-order chi connectivity index (χ1) is 17.5. The maximum absolute atomic E-state index is 13.6. The van der Waals surface area contributed by atoms with E-state index < -0.39 is 0 Å². The van der Waals surface area contributed by atoms with Crippen molar-refractivity contribution < 1.29 is 9.21 Å². The van der Waals surface area contributed by atoms with Gasteiger partial charge in [-0.15, -0.1) is 0 Å². The molecular formula is C29H24ClN3O3. The molecule has 0 spiro atoms. The smallest absolute Gasteiger partial charge is 0.291 e. The minimum Gasteiger partial charge on any atom is -0.459 e. The molecule has 0 saturated carbocycles. The number of hydrogen-bond donors (Lipinski definition) is 1. The number of fused-ring (bicyclic) bond motifs is 1. The Bertz CT molecular complexity index is 1590. The molecule has 1 N–H and O–H groups in total. The van der Waals surface area contributed by atoms with Crippen LogP contribution in [0.4, 0.5) is 5.69 Å². The number of amides is 1. The number of aryl methyl sites for hydroxylation is 1. The predicted molar refractivity (Wildman–Crippen MR) is 143 cm³/mol. The Hall–Kier alpha value is -4.16. The highest BCUT2D eigenvalue weighted by atomic mass is 35.5. The maximum Gasteiger partial charge on any atom is 0.291 e. The van der Waals surface area contributed by atoms with Gasteiger partial charge in [-0.1, -0.05) is 61.0 Å². The lowest BCUT2D eigenvalue weighted by Gasteiger charge is -2.14. The fourth-order valence-electron chi connectivity index (χ4n) is 4.19. The summed E-state index contributed by atoms with van der Waals surface area (Å²) in [5.41, 5.74) is 3.91. The summed E-state index contributed by atoms with van der Waals surface area (Å²) in [5.74, 6) is 0.551. The molecule has 6 nitrogen and oxygen atoms in total. The van der Waals surface area contributed by atoms with Crippen molar-refractivity contribution in [2.75, 3.05) is 5.32 Å². The van der Waals surface area contributed by atoms with Crippen LogP contribution in [0.3, 0.4) is 0 Å². The largest absolute Gasteiger partial charge is 0.459 e. The van der Waals surface area contributed by atoms with Gasteiger partial charge in [0.25, 0.3) is 11.5 Å². The normalized spacial score (nSPS) is 11.1. The summed E-state index contributed by atoms with van der Waals surface area (Å²) in [4.78, 5) is 30.8. The molecular weight excluding hydrogens is 474 g/mol. The van der Waals surface area contributed by atoms with Crippen LogP contribution in [0.15, 0.2) is 94.3 Å². The van der Waals surface area contributed by atoms with Crippen LogP contribution in [0.5, 0.6) is 0 Å². The van der Waals surface area contributed by atoms with Crippen LogP contribution < -0.4 is 10.9 Å². The van der Waals surface area contributed by atoms with Gasteiger partial charge in [0.15, 0.2) is 5.76 Å². The molecule has 5 aromatic rings. The van der Waals surface area contributed by atoms with Gasteiger partial charge in [0, 0.05) is 22.7 Å². The van der Waals surface area contributed by atoms with Gasteiger partial charge >= 0.3 is 0 Å². The molecule has 5 rings (SSSR count). The Balaban J connectivity index is 1.48. The van der Waals surface area contributed by atoms with E-state index >= 15 is 0 Å². The number of aromatic nitrogens is 2. The van der Waals surface area contributed by atoms with Crippen molar-refractivity contribution in [1.29, 1.82) is 0 Å². The Morgan fingerprint density at radius 2 is 1.83 bits per heavy atom. The number of carbonyl (C=O) groups is 1. The minimum atomic E-state index is -0.381. The zero-order valence-electron chi connectivity index (χ0n) is 19.7. The zero-order valence-corrected chi connectivity index (χ0v) is 20.5. The summed E-state index contributed by atoms with van der Waals surface area (Å²) in [6.45, 7) is 2.45. The van der Waals surface area contributed by atoms with Crippen LogP contribution >= 0.6 is 11.6 Å². The SMILES string of the molecule is CCCc1nc2ccc(NC(=O)c3ccco3)cc2c(=O)n1Cc1ccc(-c2ccccc2Cl)cc1. The maximum atomic E-state index is 13.6. The van der Waals surface area contributed by atoms with Gasteiger partial charge in [-0.3, -0.25) is 14.2 Å². The number of nitrogens with zero attached hydrogens (tertiary/aromatic N) is 2. The summed E-state index contributed by atoms with van der Waals surface area (Å²) >= 11 is 6.35. The second-order valence-electron chi connectivity index (χ2n) is 8.51. The van der Waals surface area contributed by atoms with Crippen molar-refractivity contribution >= 4 is 34.1 Å². The molecule has 0 unspecified atom stereocenters. The van der Waals surface area contributed by atoms with Crippen LogP contribution in [-0.4, -0.2) is 15.5 Å². The minimum absolute atomic E-state index is 0.146. The molecule has 7 heteroatoms. The van der Waals surface area contributed by atoms with E-state index in [1.54, 1.807) is 34.9 Å². The number of carbonyl (C=O) groups excluding carboxylic acids is 1. The highest BCUT2D eigenvalue weighted by Crippen LogP contribution is 2.27. The van der Waals surface area contributed by atoms with Crippen LogP contribution in [-0.2, 0) is 13.0 Å².